The normalized spacial score (nSPS) is 16.1. The highest BCUT2D eigenvalue weighted by atomic mass is 32.2. The molecule has 1 saturated heterocycles. The van der Waals surface area contributed by atoms with Crippen molar-refractivity contribution in [2.24, 2.45) is 0 Å². The van der Waals surface area contributed by atoms with Gasteiger partial charge in [-0.05, 0) is 12.1 Å². The molecule has 6 heteroatoms. The number of benzene rings is 1. The van der Waals surface area contributed by atoms with Crippen LogP contribution in [-0.4, -0.2) is 39.4 Å². The van der Waals surface area contributed by atoms with E-state index < -0.39 is 10.1 Å². The summed E-state index contributed by atoms with van der Waals surface area (Å²) in [4.78, 5) is -0.0741. The van der Waals surface area contributed by atoms with Gasteiger partial charge in [0.05, 0.1) is 31.3 Å². The molecule has 90 valence electrons. The van der Waals surface area contributed by atoms with E-state index in [2.05, 4.69) is 0 Å². The van der Waals surface area contributed by atoms with Gasteiger partial charge in [0, 0.05) is 0 Å². The van der Waals surface area contributed by atoms with Crippen LogP contribution >= 0.6 is 0 Å². The third kappa shape index (κ3) is 5.22. The van der Waals surface area contributed by atoms with Gasteiger partial charge in [0.2, 0.25) is 0 Å². The molecule has 0 aromatic heterocycles. The fourth-order valence-corrected chi connectivity index (χ4v) is 1.53. The van der Waals surface area contributed by atoms with Crippen molar-refractivity contribution in [2.45, 2.75) is 4.90 Å². The SMILES string of the molecule is C1COCCO1.O=S(=O)(O)c1ccccc1. The number of ether oxygens (including phenoxy) is 2. The molecule has 1 aliphatic rings. The lowest BCUT2D eigenvalue weighted by Crippen LogP contribution is -2.16. The Hall–Kier alpha value is -0.950. The third-order valence-electron chi connectivity index (χ3n) is 1.79. The average molecular weight is 246 g/mol. The van der Waals surface area contributed by atoms with Gasteiger partial charge in [0.1, 0.15) is 0 Å². The molecule has 16 heavy (non-hydrogen) atoms. The molecule has 0 bridgehead atoms. The minimum Gasteiger partial charge on any atom is -0.377 e. The summed E-state index contributed by atoms with van der Waals surface area (Å²) in [5.41, 5.74) is 0. The number of hydrogen-bond donors (Lipinski definition) is 1. The van der Waals surface area contributed by atoms with E-state index in [1.807, 2.05) is 0 Å². The predicted molar refractivity (Wildman–Crippen MR) is 57.9 cm³/mol. The van der Waals surface area contributed by atoms with Gasteiger partial charge in [-0.2, -0.15) is 8.42 Å². The van der Waals surface area contributed by atoms with Crippen LogP contribution in [0.1, 0.15) is 0 Å². The lowest BCUT2D eigenvalue weighted by molar-refractivity contribution is -0.0334. The van der Waals surface area contributed by atoms with E-state index in [1.54, 1.807) is 18.2 Å². The summed E-state index contributed by atoms with van der Waals surface area (Å²) in [5.74, 6) is 0. The average Bonchev–Trinajstić information content (AvgIpc) is 2.32. The van der Waals surface area contributed by atoms with Crippen molar-refractivity contribution in [2.75, 3.05) is 26.4 Å². The Morgan fingerprint density at radius 1 is 0.938 bits per heavy atom. The van der Waals surface area contributed by atoms with E-state index in [4.69, 9.17) is 14.0 Å². The zero-order valence-corrected chi connectivity index (χ0v) is 9.52. The van der Waals surface area contributed by atoms with Gasteiger partial charge < -0.3 is 9.47 Å². The van der Waals surface area contributed by atoms with Gasteiger partial charge in [0.15, 0.2) is 0 Å². The van der Waals surface area contributed by atoms with Crippen LogP contribution in [-0.2, 0) is 19.6 Å². The second-order valence-corrected chi connectivity index (χ2v) is 4.43. The first kappa shape index (κ1) is 13.1. The highest BCUT2D eigenvalue weighted by molar-refractivity contribution is 7.85. The fourth-order valence-electron chi connectivity index (χ4n) is 1.03. The van der Waals surface area contributed by atoms with Crippen molar-refractivity contribution in [3.63, 3.8) is 0 Å². The van der Waals surface area contributed by atoms with E-state index in [9.17, 15) is 8.42 Å². The molecule has 1 N–H and O–H groups in total. The zero-order chi connectivity index (χ0) is 11.9. The molecule has 0 atom stereocenters. The van der Waals surface area contributed by atoms with Gasteiger partial charge in [-0.15, -0.1) is 0 Å². The summed E-state index contributed by atoms with van der Waals surface area (Å²) in [7, 11) is -4.00. The maximum Gasteiger partial charge on any atom is 0.294 e. The summed E-state index contributed by atoms with van der Waals surface area (Å²) in [6.45, 7) is 3.11. The molecular formula is C10H14O5S. The standard InChI is InChI=1S/C6H6O3S.C4H8O2/c7-10(8,9)6-4-2-1-3-5-6;1-2-6-4-3-5-1/h1-5H,(H,7,8,9);1-4H2. The lowest BCUT2D eigenvalue weighted by atomic mass is 10.4. The van der Waals surface area contributed by atoms with E-state index in [0.29, 0.717) is 0 Å². The summed E-state index contributed by atoms with van der Waals surface area (Å²) < 4.78 is 39.1. The lowest BCUT2D eigenvalue weighted by Gasteiger charge is -2.09. The molecule has 0 amide bonds. The smallest absolute Gasteiger partial charge is 0.294 e. The topological polar surface area (TPSA) is 72.8 Å². The Morgan fingerprint density at radius 3 is 1.62 bits per heavy atom. The van der Waals surface area contributed by atoms with Crippen molar-refractivity contribution < 1.29 is 22.4 Å². The summed E-state index contributed by atoms with van der Waals surface area (Å²) in [6, 6.07) is 7.42. The molecule has 1 aliphatic heterocycles. The molecule has 1 aromatic rings. The second kappa shape index (κ2) is 6.59. The summed E-state index contributed by atoms with van der Waals surface area (Å²) >= 11 is 0. The zero-order valence-electron chi connectivity index (χ0n) is 8.70. The molecule has 0 saturated carbocycles. The predicted octanol–water partition coefficient (Wildman–Crippen LogP) is 0.966. The van der Waals surface area contributed by atoms with Gasteiger partial charge in [0.25, 0.3) is 10.1 Å². The maximum atomic E-state index is 10.4. The molecule has 0 unspecified atom stereocenters. The fraction of sp³-hybridized carbons (Fsp3) is 0.400. The molecule has 2 rings (SSSR count). The Morgan fingerprint density at radius 2 is 1.38 bits per heavy atom. The van der Waals surface area contributed by atoms with Gasteiger partial charge in [-0.25, -0.2) is 0 Å². The van der Waals surface area contributed by atoms with Crippen LogP contribution < -0.4 is 0 Å². The first-order chi connectivity index (χ1) is 7.61. The third-order valence-corrected chi connectivity index (χ3v) is 2.65. The van der Waals surface area contributed by atoms with Gasteiger partial charge in [-0.1, -0.05) is 18.2 Å². The second-order valence-electron chi connectivity index (χ2n) is 3.01. The quantitative estimate of drug-likeness (QED) is 0.747. The largest absolute Gasteiger partial charge is 0.377 e. The van der Waals surface area contributed by atoms with Crippen LogP contribution in [0.5, 0.6) is 0 Å². The van der Waals surface area contributed by atoms with Crippen LogP contribution in [0.2, 0.25) is 0 Å². The number of hydrogen-bond acceptors (Lipinski definition) is 4. The molecule has 1 heterocycles. The van der Waals surface area contributed by atoms with E-state index in [1.165, 1.54) is 12.1 Å². The molecule has 5 nitrogen and oxygen atoms in total. The summed E-state index contributed by atoms with van der Waals surface area (Å²) in [5, 5.41) is 0. The highest BCUT2D eigenvalue weighted by Crippen LogP contribution is 2.05. The Bertz CT molecular complexity index is 371. The Balaban J connectivity index is 0.000000181. The van der Waals surface area contributed by atoms with E-state index in [0.717, 1.165) is 26.4 Å². The van der Waals surface area contributed by atoms with Crippen LogP contribution in [0, 0.1) is 0 Å². The molecule has 0 spiro atoms. The monoisotopic (exact) mass is 246 g/mol. The van der Waals surface area contributed by atoms with Crippen molar-refractivity contribution in [3.05, 3.63) is 30.3 Å². The van der Waals surface area contributed by atoms with Crippen molar-refractivity contribution in [1.82, 2.24) is 0 Å². The van der Waals surface area contributed by atoms with Gasteiger partial charge >= 0.3 is 0 Å². The first-order valence-corrected chi connectivity index (χ1v) is 6.23. The highest BCUT2D eigenvalue weighted by Gasteiger charge is 2.05. The first-order valence-electron chi connectivity index (χ1n) is 4.79. The summed E-state index contributed by atoms with van der Waals surface area (Å²) in [6.07, 6.45) is 0. The molecule has 0 radical (unpaired) electrons. The minimum atomic E-state index is -4.00. The maximum absolute atomic E-state index is 10.4. The van der Waals surface area contributed by atoms with Crippen LogP contribution in [0.3, 0.4) is 0 Å². The van der Waals surface area contributed by atoms with E-state index >= 15 is 0 Å². The van der Waals surface area contributed by atoms with Crippen LogP contribution in [0.15, 0.2) is 35.2 Å². The van der Waals surface area contributed by atoms with Crippen LogP contribution in [0.25, 0.3) is 0 Å². The minimum absolute atomic E-state index is 0.0741. The Labute approximate surface area is 94.7 Å². The van der Waals surface area contributed by atoms with Crippen molar-refractivity contribution in [1.29, 1.82) is 0 Å². The van der Waals surface area contributed by atoms with E-state index in [-0.39, 0.29) is 4.90 Å². The molecule has 0 aliphatic carbocycles. The van der Waals surface area contributed by atoms with Crippen molar-refractivity contribution in [3.8, 4) is 0 Å². The number of rotatable bonds is 1. The van der Waals surface area contributed by atoms with Crippen molar-refractivity contribution >= 4 is 10.1 Å². The Kier molecular flexibility index (Phi) is 5.41. The van der Waals surface area contributed by atoms with Gasteiger partial charge in [-0.3, -0.25) is 4.55 Å². The molecular weight excluding hydrogens is 232 g/mol. The van der Waals surface area contributed by atoms with Crippen LogP contribution in [0.4, 0.5) is 0 Å². The molecule has 1 aromatic carbocycles. The molecule has 1 fully saturated rings.